The van der Waals surface area contributed by atoms with Crippen LogP contribution in [-0.2, 0) is 9.59 Å². The van der Waals surface area contributed by atoms with E-state index in [1.54, 1.807) is 26.0 Å². The highest BCUT2D eigenvalue weighted by Crippen LogP contribution is 2.39. The van der Waals surface area contributed by atoms with Gasteiger partial charge in [-0.05, 0) is 32.9 Å². The first kappa shape index (κ1) is 11.8. The Bertz CT molecular complexity index is 654. The number of carbonyl (C=O) groups excluding carboxylic acids is 2. The third kappa shape index (κ3) is 1.54. The Morgan fingerprint density at radius 2 is 1.68 bits per heavy atom. The van der Waals surface area contributed by atoms with Gasteiger partial charge in [-0.15, -0.1) is 5.11 Å². The molecule has 0 spiro atoms. The average molecular weight is 255 g/mol. The second-order valence-electron chi connectivity index (χ2n) is 5.26. The molecule has 0 saturated heterocycles. The van der Waals surface area contributed by atoms with Crippen LogP contribution in [0.15, 0.2) is 45.8 Å². The van der Waals surface area contributed by atoms with E-state index < -0.39 is 11.4 Å². The summed E-state index contributed by atoms with van der Waals surface area (Å²) in [5.41, 5.74) is 1.49. The van der Waals surface area contributed by atoms with Crippen molar-refractivity contribution in [2.75, 3.05) is 4.90 Å². The van der Waals surface area contributed by atoms with Crippen LogP contribution >= 0.6 is 0 Å². The van der Waals surface area contributed by atoms with Crippen molar-refractivity contribution in [2.24, 2.45) is 10.2 Å². The van der Waals surface area contributed by atoms with Crippen LogP contribution in [0.1, 0.15) is 19.4 Å². The van der Waals surface area contributed by atoms with E-state index in [1.807, 2.05) is 19.1 Å². The van der Waals surface area contributed by atoms with E-state index in [0.29, 0.717) is 11.3 Å². The van der Waals surface area contributed by atoms with Gasteiger partial charge < -0.3 is 0 Å². The smallest absolute Gasteiger partial charge is 0.268 e. The number of rotatable bonds is 1. The molecule has 19 heavy (non-hydrogen) atoms. The van der Waals surface area contributed by atoms with E-state index in [1.165, 1.54) is 4.90 Å². The molecule has 0 bridgehead atoms. The van der Waals surface area contributed by atoms with Gasteiger partial charge in [-0.3, -0.25) is 9.59 Å². The van der Waals surface area contributed by atoms with Gasteiger partial charge in [0.25, 0.3) is 11.8 Å². The molecule has 5 nitrogen and oxygen atoms in total. The topological polar surface area (TPSA) is 62.1 Å². The molecular formula is C14H13N3O2. The van der Waals surface area contributed by atoms with Crippen LogP contribution in [0.4, 0.5) is 5.69 Å². The third-order valence-corrected chi connectivity index (χ3v) is 3.36. The molecule has 0 atom stereocenters. The van der Waals surface area contributed by atoms with Crippen molar-refractivity contribution in [3.8, 4) is 0 Å². The summed E-state index contributed by atoms with van der Waals surface area (Å²) in [5, 5.41) is 7.85. The van der Waals surface area contributed by atoms with E-state index >= 15 is 0 Å². The van der Waals surface area contributed by atoms with E-state index in [-0.39, 0.29) is 11.6 Å². The van der Waals surface area contributed by atoms with E-state index in [0.717, 1.165) is 5.56 Å². The molecule has 2 amide bonds. The first-order valence-corrected chi connectivity index (χ1v) is 6.05. The quantitative estimate of drug-likeness (QED) is 0.723. The molecule has 2 aliphatic rings. The first-order valence-electron chi connectivity index (χ1n) is 6.05. The monoisotopic (exact) mass is 255 g/mol. The van der Waals surface area contributed by atoms with Crippen LogP contribution in [-0.4, -0.2) is 17.4 Å². The van der Waals surface area contributed by atoms with Crippen molar-refractivity contribution in [3.63, 3.8) is 0 Å². The lowest BCUT2D eigenvalue weighted by molar-refractivity contribution is -0.121. The third-order valence-electron chi connectivity index (χ3n) is 3.36. The molecule has 0 saturated carbocycles. The minimum Gasteiger partial charge on any atom is -0.268 e. The van der Waals surface area contributed by atoms with Crippen LogP contribution in [0.2, 0.25) is 0 Å². The Labute approximate surface area is 110 Å². The van der Waals surface area contributed by atoms with Crippen LogP contribution < -0.4 is 4.90 Å². The van der Waals surface area contributed by atoms with Gasteiger partial charge in [-0.2, -0.15) is 5.11 Å². The number of imide groups is 1. The van der Waals surface area contributed by atoms with Gasteiger partial charge in [0.1, 0.15) is 5.54 Å². The SMILES string of the molecule is Cc1ccc(N2C(=O)C3=C(C2=O)C(C)(C)N=N3)cc1. The molecular weight excluding hydrogens is 242 g/mol. The lowest BCUT2D eigenvalue weighted by Gasteiger charge is -2.19. The number of anilines is 1. The first-order chi connectivity index (χ1) is 8.92. The molecule has 2 heterocycles. The number of aryl methyl sites for hydroxylation is 1. The summed E-state index contributed by atoms with van der Waals surface area (Å²) < 4.78 is 0. The lowest BCUT2D eigenvalue weighted by Crippen LogP contribution is -2.35. The molecule has 0 N–H and O–H groups in total. The van der Waals surface area contributed by atoms with Crippen LogP contribution in [0.25, 0.3) is 0 Å². The van der Waals surface area contributed by atoms with Crippen LogP contribution in [0.3, 0.4) is 0 Å². The zero-order valence-corrected chi connectivity index (χ0v) is 11.0. The van der Waals surface area contributed by atoms with Gasteiger partial charge in [0.15, 0.2) is 5.70 Å². The summed E-state index contributed by atoms with van der Waals surface area (Å²) in [6, 6.07) is 7.26. The summed E-state index contributed by atoms with van der Waals surface area (Å²) in [4.78, 5) is 25.9. The Morgan fingerprint density at radius 1 is 1.05 bits per heavy atom. The maximum Gasteiger partial charge on any atom is 0.286 e. The highest BCUT2D eigenvalue weighted by Gasteiger charge is 2.49. The van der Waals surface area contributed by atoms with Gasteiger partial charge in [-0.25, -0.2) is 4.90 Å². The number of carbonyl (C=O) groups is 2. The number of hydrogen-bond acceptors (Lipinski definition) is 4. The van der Waals surface area contributed by atoms with Gasteiger partial charge in [0.05, 0.1) is 11.3 Å². The molecule has 3 rings (SSSR count). The molecule has 0 fully saturated rings. The summed E-state index contributed by atoms with van der Waals surface area (Å²) in [7, 11) is 0. The standard InChI is InChI=1S/C14H13N3O2/c1-8-4-6-9(7-5-8)17-12(18)10-11(13(17)19)15-16-14(10,2)3/h4-7H,1-3H3. The number of azo groups is 1. The second kappa shape index (κ2) is 3.60. The van der Waals surface area contributed by atoms with E-state index in [4.69, 9.17) is 0 Å². The van der Waals surface area contributed by atoms with Gasteiger partial charge in [0, 0.05) is 0 Å². The fourth-order valence-electron chi connectivity index (χ4n) is 2.32. The maximum absolute atomic E-state index is 12.4. The largest absolute Gasteiger partial charge is 0.286 e. The van der Waals surface area contributed by atoms with Crippen LogP contribution in [0.5, 0.6) is 0 Å². The molecule has 0 unspecified atom stereocenters. The second-order valence-corrected chi connectivity index (χ2v) is 5.26. The predicted molar refractivity (Wildman–Crippen MR) is 69.6 cm³/mol. The normalized spacial score (nSPS) is 20.5. The van der Waals surface area contributed by atoms with Crippen LogP contribution in [0, 0.1) is 6.92 Å². The zero-order valence-electron chi connectivity index (χ0n) is 11.0. The van der Waals surface area contributed by atoms with E-state index in [2.05, 4.69) is 10.2 Å². The Kier molecular flexibility index (Phi) is 2.23. The minimum atomic E-state index is -0.721. The van der Waals surface area contributed by atoms with E-state index in [9.17, 15) is 9.59 Å². The van der Waals surface area contributed by atoms with Crippen molar-refractivity contribution in [2.45, 2.75) is 26.3 Å². The molecule has 0 aromatic heterocycles. The number of hydrogen-bond donors (Lipinski definition) is 0. The molecule has 5 heteroatoms. The van der Waals surface area contributed by atoms with Crippen molar-refractivity contribution < 1.29 is 9.59 Å². The highest BCUT2D eigenvalue weighted by atomic mass is 16.2. The summed E-state index contributed by atoms with van der Waals surface area (Å²) >= 11 is 0. The molecule has 1 aromatic carbocycles. The average Bonchev–Trinajstić information content (AvgIpc) is 2.79. The maximum atomic E-state index is 12.4. The highest BCUT2D eigenvalue weighted by molar-refractivity contribution is 6.33. The van der Waals surface area contributed by atoms with Gasteiger partial charge in [-0.1, -0.05) is 17.7 Å². The fraction of sp³-hybridized carbons (Fsp3) is 0.286. The van der Waals surface area contributed by atoms with Crippen molar-refractivity contribution in [1.82, 2.24) is 0 Å². The predicted octanol–water partition coefficient (Wildman–Crippen LogP) is 2.37. The van der Waals surface area contributed by atoms with Gasteiger partial charge in [0.2, 0.25) is 0 Å². The number of benzene rings is 1. The molecule has 1 aromatic rings. The molecule has 96 valence electrons. The van der Waals surface area contributed by atoms with Gasteiger partial charge >= 0.3 is 0 Å². The zero-order chi connectivity index (χ0) is 13.8. The minimum absolute atomic E-state index is 0.176. The Balaban J connectivity index is 2.05. The van der Waals surface area contributed by atoms with Crippen molar-refractivity contribution in [1.29, 1.82) is 0 Å². The fourth-order valence-corrected chi connectivity index (χ4v) is 2.32. The molecule has 0 aliphatic carbocycles. The molecule has 0 radical (unpaired) electrons. The lowest BCUT2D eigenvalue weighted by atomic mass is 9.95. The van der Waals surface area contributed by atoms with Crippen molar-refractivity contribution in [3.05, 3.63) is 41.1 Å². The summed E-state index contributed by atoms with van der Waals surface area (Å²) in [6.07, 6.45) is 0. The summed E-state index contributed by atoms with van der Waals surface area (Å²) in [6.45, 7) is 5.51. The number of amides is 2. The summed E-state index contributed by atoms with van der Waals surface area (Å²) in [5.74, 6) is -0.711. The Hall–Kier alpha value is -2.30. The molecule has 2 aliphatic heterocycles. The Morgan fingerprint density at radius 3 is 2.26 bits per heavy atom. The number of nitrogens with zero attached hydrogens (tertiary/aromatic N) is 3. The van der Waals surface area contributed by atoms with Crippen molar-refractivity contribution >= 4 is 17.5 Å².